The second-order valence-electron chi connectivity index (χ2n) is 3.54. The standard InChI is InChI=1S/C10H16N2O2/c1-3-5-11-10(14)8(2)12-6-4-9(13)7-12/h1,8-9,13H,4-7H2,2H3,(H,11,14). The van der Waals surface area contributed by atoms with Crippen molar-refractivity contribution in [3.8, 4) is 12.3 Å². The van der Waals surface area contributed by atoms with Gasteiger partial charge in [0.05, 0.1) is 18.7 Å². The summed E-state index contributed by atoms with van der Waals surface area (Å²) in [4.78, 5) is 13.4. The maximum atomic E-state index is 11.5. The molecule has 4 heteroatoms. The molecular weight excluding hydrogens is 180 g/mol. The number of nitrogens with zero attached hydrogens (tertiary/aromatic N) is 1. The van der Waals surface area contributed by atoms with Crippen LogP contribution in [0.4, 0.5) is 0 Å². The van der Waals surface area contributed by atoms with E-state index < -0.39 is 0 Å². The summed E-state index contributed by atoms with van der Waals surface area (Å²) in [6.45, 7) is 3.43. The molecule has 0 spiro atoms. The number of hydrogen-bond donors (Lipinski definition) is 2. The average Bonchev–Trinajstić information content (AvgIpc) is 2.60. The molecular formula is C10H16N2O2. The molecule has 4 nitrogen and oxygen atoms in total. The van der Waals surface area contributed by atoms with E-state index in [0.717, 1.165) is 13.0 Å². The van der Waals surface area contributed by atoms with E-state index in [1.165, 1.54) is 0 Å². The minimum atomic E-state index is -0.294. The van der Waals surface area contributed by atoms with Crippen molar-refractivity contribution in [2.75, 3.05) is 19.6 Å². The zero-order chi connectivity index (χ0) is 10.6. The first-order valence-corrected chi connectivity index (χ1v) is 4.78. The van der Waals surface area contributed by atoms with Crippen molar-refractivity contribution in [2.24, 2.45) is 0 Å². The number of carbonyl (C=O) groups excluding carboxylic acids is 1. The molecule has 1 heterocycles. The lowest BCUT2D eigenvalue weighted by atomic mass is 10.3. The number of carbonyl (C=O) groups is 1. The SMILES string of the molecule is C#CCNC(=O)C(C)N1CCC(O)C1. The van der Waals surface area contributed by atoms with E-state index in [9.17, 15) is 9.90 Å². The highest BCUT2D eigenvalue weighted by Gasteiger charge is 2.27. The summed E-state index contributed by atoms with van der Waals surface area (Å²) in [6, 6.07) is -0.208. The van der Waals surface area contributed by atoms with Gasteiger partial charge in [-0.25, -0.2) is 0 Å². The van der Waals surface area contributed by atoms with E-state index in [2.05, 4.69) is 11.2 Å². The van der Waals surface area contributed by atoms with Crippen molar-refractivity contribution < 1.29 is 9.90 Å². The fourth-order valence-electron chi connectivity index (χ4n) is 1.57. The Labute approximate surface area is 84.3 Å². The normalized spacial score (nSPS) is 24.2. The van der Waals surface area contributed by atoms with Gasteiger partial charge in [-0.1, -0.05) is 5.92 Å². The lowest BCUT2D eigenvalue weighted by Gasteiger charge is -2.22. The molecule has 0 saturated carbocycles. The van der Waals surface area contributed by atoms with Crippen molar-refractivity contribution >= 4 is 5.91 Å². The summed E-state index contributed by atoms with van der Waals surface area (Å²) in [5, 5.41) is 11.9. The highest BCUT2D eigenvalue weighted by atomic mass is 16.3. The van der Waals surface area contributed by atoms with Crippen molar-refractivity contribution in [3.05, 3.63) is 0 Å². The first-order valence-electron chi connectivity index (χ1n) is 4.78. The van der Waals surface area contributed by atoms with Crippen molar-refractivity contribution in [3.63, 3.8) is 0 Å². The number of aliphatic hydroxyl groups is 1. The summed E-state index contributed by atoms with van der Waals surface area (Å²) in [5.41, 5.74) is 0. The predicted octanol–water partition coefficient (Wildman–Crippen LogP) is -0.809. The Kier molecular flexibility index (Phi) is 3.93. The fraction of sp³-hybridized carbons (Fsp3) is 0.700. The molecule has 1 amide bonds. The fourth-order valence-corrected chi connectivity index (χ4v) is 1.57. The Morgan fingerprint density at radius 1 is 1.86 bits per heavy atom. The van der Waals surface area contributed by atoms with Crippen LogP contribution in [0.2, 0.25) is 0 Å². The smallest absolute Gasteiger partial charge is 0.237 e. The Morgan fingerprint density at radius 2 is 2.57 bits per heavy atom. The number of likely N-dealkylation sites (tertiary alicyclic amines) is 1. The second kappa shape index (κ2) is 4.99. The highest BCUT2D eigenvalue weighted by molar-refractivity contribution is 5.81. The van der Waals surface area contributed by atoms with Gasteiger partial charge in [0.25, 0.3) is 0 Å². The third-order valence-electron chi connectivity index (χ3n) is 2.49. The first-order chi connectivity index (χ1) is 6.65. The van der Waals surface area contributed by atoms with E-state index in [1.807, 2.05) is 11.8 Å². The quantitative estimate of drug-likeness (QED) is 0.581. The number of hydrogen-bond acceptors (Lipinski definition) is 3. The van der Waals surface area contributed by atoms with Crippen LogP contribution < -0.4 is 5.32 Å². The van der Waals surface area contributed by atoms with Gasteiger partial charge in [-0.3, -0.25) is 9.69 Å². The maximum absolute atomic E-state index is 11.5. The zero-order valence-electron chi connectivity index (χ0n) is 8.36. The highest BCUT2D eigenvalue weighted by Crippen LogP contribution is 2.12. The zero-order valence-corrected chi connectivity index (χ0v) is 8.36. The number of aliphatic hydroxyl groups excluding tert-OH is 1. The summed E-state index contributed by atoms with van der Waals surface area (Å²) < 4.78 is 0. The molecule has 2 atom stereocenters. The number of terminal acetylenes is 1. The van der Waals surface area contributed by atoms with Crippen LogP contribution in [0.5, 0.6) is 0 Å². The summed E-state index contributed by atoms with van der Waals surface area (Å²) in [6.07, 6.45) is 5.48. The molecule has 1 rings (SSSR count). The van der Waals surface area contributed by atoms with Gasteiger partial charge in [0.1, 0.15) is 0 Å². The van der Waals surface area contributed by atoms with E-state index in [4.69, 9.17) is 6.42 Å². The maximum Gasteiger partial charge on any atom is 0.237 e. The van der Waals surface area contributed by atoms with Gasteiger partial charge >= 0.3 is 0 Å². The van der Waals surface area contributed by atoms with Gasteiger partial charge in [0.2, 0.25) is 5.91 Å². The van der Waals surface area contributed by atoms with Gasteiger partial charge in [0, 0.05) is 13.1 Å². The summed E-state index contributed by atoms with van der Waals surface area (Å²) in [5.74, 6) is 2.28. The molecule has 2 unspecified atom stereocenters. The summed E-state index contributed by atoms with van der Waals surface area (Å²) >= 11 is 0. The molecule has 0 aromatic heterocycles. The Morgan fingerprint density at radius 3 is 3.07 bits per heavy atom. The number of β-amino-alcohol motifs (C(OH)–C–C–N with tert-alkyl or cyclic N) is 1. The van der Waals surface area contributed by atoms with Gasteiger partial charge < -0.3 is 10.4 Å². The molecule has 1 fully saturated rings. The molecule has 0 bridgehead atoms. The molecule has 78 valence electrons. The third kappa shape index (κ3) is 2.72. The van der Waals surface area contributed by atoms with E-state index in [0.29, 0.717) is 6.54 Å². The van der Waals surface area contributed by atoms with Crippen LogP contribution in [-0.2, 0) is 4.79 Å². The van der Waals surface area contributed by atoms with Gasteiger partial charge in [-0.15, -0.1) is 6.42 Å². The van der Waals surface area contributed by atoms with Gasteiger partial charge in [0.15, 0.2) is 0 Å². The molecule has 0 aromatic carbocycles. The van der Waals surface area contributed by atoms with E-state index in [1.54, 1.807) is 0 Å². The topological polar surface area (TPSA) is 52.6 Å². The minimum absolute atomic E-state index is 0.0722. The predicted molar refractivity (Wildman–Crippen MR) is 53.5 cm³/mol. The van der Waals surface area contributed by atoms with Crippen molar-refractivity contribution in [1.82, 2.24) is 10.2 Å². The lowest BCUT2D eigenvalue weighted by Crippen LogP contribution is -2.44. The number of amides is 1. The third-order valence-corrected chi connectivity index (χ3v) is 2.49. The van der Waals surface area contributed by atoms with Crippen LogP contribution in [-0.4, -0.2) is 47.7 Å². The van der Waals surface area contributed by atoms with Crippen LogP contribution in [0.15, 0.2) is 0 Å². The largest absolute Gasteiger partial charge is 0.392 e. The molecule has 0 aromatic rings. The Hall–Kier alpha value is -1.05. The first kappa shape index (κ1) is 11.0. The molecule has 1 aliphatic heterocycles. The molecule has 1 saturated heterocycles. The Bertz CT molecular complexity index is 247. The second-order valence-corrected chi connectivity index (χ2v) is 3.54. The molecule has 2 N–H and O–H groups in total. The van der Waals surface area contributed by atoms with E-state index >= 15 is 0 Å². The van der Waals surface area contributed by atoms with Crippen LogP contribution in [0, 0.1) is 12.3 Å². The minimum Gasteiger partial charge on any atom is -0.392 e. The van der Waals surface area contributed by atoms with Crippen LogP contribution in [0.25, 0.3) is 0 Å². The van der Waals surface area contributed by atoms with Crippen LogP contribution in [0.1, 0.15) is 13.3 Å². The lowest BCUT2D eigenvalue weighted by molar-refractivity contribution is -0.125. The van der Waals surface area contributed by atoms with E-state index in [-0.39, 0.29) is 24.6 Å². The molecule has 0 radical (unpaired) electrons. The van der Waals surface area contributed by atoms with Crippen LogP contribution >= 0.6 is 0 Å². The average molecular weight is 196 g/mol. The Balaban J connectivity index is 2.37. The van der Waals surface area contributed by atoms with Gasteiger partial charge in [-0.2, -0.15) is 0 Å². The molecule has 1 aliphatic rings. The van der Waals surface area contributed by atoms with Crippen LogP contribution in [0.3, 0.4) is 0 Å². The number of rotatable bonds is 3. The monoisotopic (exact) mass is 196 g/mol. The summed E-state index contributed by atoms with van der Waals surface area (Å²) in [7, 11) is 0. The molecule has 0 aliphatic carbocycles. The molecule has 14 heavy (non-hydrogen) atoms. The van der Waals surface area contributed by atoms with Gasteiger partial charge in [-0.05, 0) is 13.3 Å². The number of nitrogens with one attached hydrogen (secondary N) is 1. The van der Waals surface area contributed by atoms with Crippen molar-refractivity contribution in [2.45, 2.75) is 25.5 Å². The van der Waals surface area contributed by atoms with Crippen molar-refractivity contribution in [1.29, 1.82) is 0 Å².